The van der Waals surface area contributed by atoms with Crippen LogP contribution in [0.2, 0.25) is 10.0 Å². The van der Waals surface area contributed by atoms with Gasteiger partial charge in [0, 0.05) is 19.9 Å². The smallest absolute Gasteiger partial charge is 0.244 e. The Morgan fingerprint density at radius 1 is 0.821 bits per heavy atom. The van der Waals surface area contributed by atoms with Gasteiger partial charge in [0.15, 0.2) is 0 Å². The first-order valence-corrected chi connectivity index (χ1v) is 9.43. The fourth-order valence-electron chi connectivity index (χ4n) is 4.17. The van der Waals surface area contributed by atoms with E-state index in [0.717, 1.165) is 0 Å². The highest BCUT2D eigenvalue weighted by Crippen LogP contribution is 2.48. The summed E-state index contributed by atoms with van der Waals surface area (Å²) in [5, 5.41) is 27.9. The van der Waals surface area contributed by atoms with Crippen LogP contribution in [-0.2, 0) is 0 Å². The SMILES string of the molecule is CC1(C)C([N+](=O)[O-])C(c2ccccc2Cl)NC(c2ccccc2Cl)C1[N+](=O)[O-]. The minimum Gasteiger partial charge on any atom is -0.291 e. The quantitative estimate of drug-likeness (QED) is 0.567. The molecule has 1 N–H and O–H groups in total. The van der Waals surface area contributed by atoms with Crippen LogP contribution in [0.1, 0.15) is 37.1 Å². The largest absolute Gasteiger partial charge is 0.291 e. The van der Waals surface area contributed by atoms with Gasteiger partial charge in [0.2, 0.25) is 12.1 Å². The van der Waals surface area contributed by atoms with E-state index in [9.17, 15) is 20.2 Å². The predicted octanol–water partition coefficient (Wildman–Crippen LogP) is 4.70. The Balaban J connectivity index is 2.21. The van der Waals surface area contributed by atoms with Crippen molar-refractivity contribution < 1.29 is 9.85 Å². The zero-order valence-electron chi connectivity index (χ0n) is 15.2. The van der Waals surface area contributed by atoms with Crippen LogP contribution in [0.5, 0.6) is 0 Å². The Kier molecular flexibility index (Phi) is 5.61. The average molecular weight is 424 g/mol. The summed E-state index contributed by atoms with van der Waals surface area (Å²) in [6, 6.07) is 9.44. The summed E-state index contributed by atoms with van der Waals surface area (Å²) >= 11 is 12.6. The van der Waals surface area contributed by atoms with Crippen molar-refractivity contribution in [3.8, 4) is 0 Å². The number of hydrogen-bond acceptors (Lipinski definition) is 5. The monoisotopic (exact) mass is 423 g/mol. The maximum Gasteiger partial charge on any atom is 0.244 e. The molecule has 9 heteroatoms. The molecule has 0 spiro atoms. The maximum absolute atomic E-state index is 12.0. The summed E-state index contributed by atoms with van der Waals surface area (Å²) in [4.78, 5) is 23.1. The fraction of sp³-hybridized carbons (Fsp3) is 0.368. The summed E-state index contributed by atoms with van der Waals surface area (Å²) in [6.45, 7) is 3.12. The molecule has 2 aromatic carbocycles. The first-order valence-electron chi connectivity index (χ1n) is 8.68. The van der Waals surface area contributed by atoms with Crippen LogP contribution in [0.25, 0.3) is 0 Å². The minimum atomic E-state index is -1.29. The molecule has 1 saturated heterocycles. The summed E-state index contributed by atoms with van der Waals surface area (Å²) in [5.41, 5.74) is -0.234. The van der Waals surface area contributed by atoms with E-state index in [2.05, 4.69) is 5.32 Å². The third-order valence-corrected chi connectivity index (χ3v) is 6.14. The van der Waals surface area contributed by atoms with Crippen LogP contribution < -0.4 is 5.32 Å². The molecule has 4 atom stereocenters. The van der Waals surface area contributed by atoms with Crippen LogP contribution in [-0.4, -0.2) is 21.9 Å². The molecule has 1 heterocycles. The van der Waals surface area contributed by atoms with Crippen molar-refractivity contribution in [2.24, 2.45) is 5.41 Å². The second kappa shape index (κ2) is 7.66. The molecule has 1 aliphatic heterocycles. The Hall–Kier alpha value is -2.22. The van der Waals surface area contributed by atoms with Gasteiger partial charge in [-0.3, -0.25) is 25.5 Å². The number of benzene rings is 2. The Labute approximate surface area is 171 Å². The molecule has 148 valence electrons. The molecule has 4 unspecified atom stereocenters. The normalized spacial score (nSPS) is 26.6. The molecule has 1 aliphatic rings. The van der Waals surface area contributed by atoms with Crippen molar-refractivity contribution in [3.63, 3.8) is 0 Å². The van der Waals surface area contributed by atoms with E-state index in [1.54, 1.807) is 62.4 Å². The fourth-order valence-corrected chi connectivity index (χ4v) is 4.68. The number of nitrogens with one attached hydrogen (secondary N) is 1. The zero-order chi connectivity index (χ0) is 20.6. The molecule has 0 bridgehead atoms. The van der Waals surface area contributed by atoms with Crippen molar-refractivity contribution in [1.29, 1.82) is 0 Å². The van der Waals surface area contributed by atoms with Crippen molar-refractivity contribution in [3.05, 3.63) is 89.9 Å². The predicted molar refractivity (Wildman–Crippen MR) is 107 cm³/mol. The van der Waals surface area contributed by atoms with Crippen LogP contribution >= 0.6 is 23.2 Å². The number of piperidine rings is 1. The lowest BCUT2D eigenvalue weighted by Crippen LogP contribution is -2.63. The molecule has 0 aromatic heterocycles. The molecule has 0 saturated carbocycles. The van der Waals surface area contributed by atoms with E-state index >= 15 is 0 Å². The number of nitro groups is 2. The van der Waals surface area contributed by atoms with Gasteiger partial charge in [-0.25, -0.2) is 0 Å². The number of nitrogens with zero attached hydrogens (tertiary/aromatic N) is 2. The van der Waals surface area contributed by atoms with Crippen LogP contribution in [0, 0.1) is 25.6 Å². The van der Waals surface area contributed by atoms with E-state index in [-0.39, 0.29) is 0 Å². The molecule has 0 radical (unpaired) electrons. The van der Waals surface area contributed by atoms with Gasteiger partial charge in [-0.1, -0.05) is 59.6 Å². The van der Waals surface area contributed by atoms with Gasteiger partial charge in [0.25, 0.3) is 0 Å². The van der Waals surface area contributed by atoms with Crippen LogP contribution in [0.4, 0.5) is 0 Å². The van der Waals surface area contributed by atoms with Gasteiger partial charge in [-0.05, 0) is 37.1 Å². The van der Waals surface area contributed by atoms with E-state index in [1.165, 1.54) is 0 Å². The number of hydrogen-bond donors (Lipinski definition) is 1. The second-order valence-electron chi connectivity index (χ2n) is 7.45. The summed E-state index contributed by atoms with van der Waals surface area (Å²) in [5.74, 6) is 0. The molecule has 1 fully saturated rings. The highest BCUT2D eigenvalue weighted by Gasteiger charge is 2.63. The topological polar surface area (TPSA) is 98.3 Å². The zero-order valence-corrected chi connectivity index (χ0v) is 16.7. The molecule has 3 rings (SSSR count). The van der Waals surface area contributed by atoms with Gasteiger partial charge in [-0.15, -0.1) is 0 Å². The molecule has 28 heavy (non-hydrogen) atoms. The first-order chi connectivity index (χ1) is 13.2. The van der Waals surface area contributed by atoms with Crippen molar-refractivity contribution in [2.45, 2.75) is 38.0 Å². The van der Waals surface area contributed by atoms with Gasteiger partial charge in [0.05, 0.1) is 0 Å². The second-order valence-corrected chi connectivity index (χ2v) is 8.26. The van der Waals surface area contributed by atoms with Crippen LogP contribution in [0.15, 0.2) is 48.5 Å². The summed E-state index contributed by atoms with van der Waals surface area (Å²) in [7, 11) is 0. The lowest BCUT2D eigenvalue weighted by Gasteiger charge is -2.44. The lowest BCUT2D eigenvalue weighted by atomic mass is 9.66. The van der Waals surface area contributed by atoms with Gasteiger partial charge in [-0.2, -0.15) is 0 Å². The highest BCUT2D eigenvalue weighted by atomic mass is 35.5. The van der Waals surface area contributed by atoms with E-state index in [4.69, 9.17) is 23.2 Å². The minimum absolute atomic E-state index is 0.361. The Bertz CT molecular complexity index is 850. The molecular weight excluding hydrogens is 405 g/mol. The van der Waals surface area contributed by atoms with Gasteiger partial charge in [0.1, 0.15) is 17.5 Å². The number of rotatable bonds is 4. The van der Waals surface area contributed by atoms with Crippen molar-refractivity contribution >= 4 is 23.2 Å². The van der Waals surface area contributed by atoms with E-state index < -0.39 is 39.4 Å². The molecular formula is C19H19Cl2N3O4. The first kappa shape index (κ1) is 20.5. The van der Waals surface area contributed by atoms with Gasteiger partial charge >= 0.3 is 0 Å². The lowest BCUT2D eigenvalue weighted by molar-refractivity contribution is -0.605. The molecule has 0 amide bonds. The third kappa shape index (κ3) is 3.45. The third-order valence-electron chi connectivity index (χ3n) is 5.45. The van der Waals surface area contributed by atoms with E-state index in [1.807, 2.05) is 0 Å². The average Bonchev–Trinajstić information content (AvgIpc) is 2.60. The molecule has 7 nitrogen and oxygen atoms in total. The number of halogens is 2. The van der Waals surface area contributed by atoms with E-state index in [0.29, 0.717) is 21.2 Å². The maximum atomic E-state index is 12.0. The molecule has 0 aliphatic carbocycles. The molecule has 2 aromatic rings. The van der Waals surface area contributed by atoms with Crippen molar-refractivity contribution in [2.75, 3.05) is 0 Å². The highest BCUT2D eigenvalue weighted by molar-refractivity contribution is 6.31. The van der Waals surface area contributed by atoms with Crippen molar-refractivity contribution in [1.82, 2.24) is 5.32 Å². The summed E-state index contributed by atoms with van der Waals surface area (Å²) < 4.78 is 0. The van der Waals surface area contributed by atoms with Gasteiger partial charge < -0.3 is 0 Å². The summed E-state index contributed by atoms with van der Waals surface area (Å²) in [6.07, 6.45) is 0. The standard InChI is InChI=1S/C19H19Cl2N3O4/c1-19(2)17(23(25)26)15(11-7-3-5-9-13(11)20)22-16(18(19)24(27)28)12-8-4-6-10-14(12)21/h3-10,15-18,22H,1-2H3. The Morgan fingerprint density at radius 2 is 1.18 bits per heavy atom. The Morgan fingerprint density at radius 3 is 1.50 bits per heavy atom. The van der Waals surface area contributed by atoms with Crippen LogP contribution in [0.3, 0.4) is 0 Å².